The van der Waals surface area contributed by atoms with Gasteiger partial charge in [-0.15, -0.1) is 0 Å². The Kier molecular flexibility index (Phi) is 1.95. The first kappa shape index (κ1) is 9.90. The Labute approximate surface area is 98.4 Å². The number of fused-ring (bicyclic) bond motifs is 3. The molecular weight excluding hydrogens is 212 g/mol. The maximum Gasteiger partial charge on any atom is 0.117 e. The average molecular weight is 224 g/mol. The number of nitrogens with zero attached hydrogens (tertiary/aromatic N) is 1. The highest BCUT2D eigenvalue weighted by Crippen LogP contribution is 2.30. The van der Waals surface area contributed by atoms with Gasteiger partial charge in [-0.3, -0.25) is 9.98 Å². The molecule has 0 saturated carbocycles. The van der Waals surface area contributed by atoms with Gasteiger partial charge in [0.05, 0.1) is 11.0 Å². The summed E-state index contributed by atoms with van der Waals surface area (Å²) in [6.45, 7) is 1.75. The molecule has 0 aliphatic rings. The number of para-hydroxylation sites is 1. The third-order valence-corrected chi connectivity index (χ3v) is 2.99. The SMILES string of the molecule is CC(=N)n1c2ccccc2c2ccc(O)cc21. The van der Waals surface area contributed by atoms with Crippen molar-refractivity contribution >= 4 is 27.6 Å². The predicted molar refractivity (Wildman–Crippen MR) is 69.9 cm³/mol. The van der Waals surface area contributed by atoms with Gasteiger partial charge < -0.3 is 5.11 Å². The predicted octanol–water partition coefficient (Wildman–Crippen LogP) is 3.35. The summed E-state index contributed by atoms with van der Waals surface area (Å²) in [6.07, 6.45) is 0. The number of phenolic OH excluding ortho intramolecular Hbond substituents is 1. The van der Waals surface area contributed by atoms with Gasteiger partial charge in [0.15, 0.2) is 0 Å². The summed E-state index contributed by atoms with van der Waals surface area (Å²) in [5, 5.41) is 19.6. The molecule has 2 aromatic carbocycles. The molecule has 0 bridgehead atoms. The minimum absolute atomic E-state index is 0.225. The fraction of sp³-hybridized carbons (Fsp3) is 0.0714. The van der Waals surface area contributed by atoms with Gasteiger partial charge in [0.25, 0.3) is 0 Å². The quantitative estimate of drug-likeness (QED) is 0.446. The van der Waals surface area contributed by atoms with Gasteiger partial charge in [-0.2, -0.15) is 0 Å². The van der Waals surface area contributed by atoms with Crippen LogP contribution in [0.1, 0.15) is 6.92 Å². The first-order chi connectivity index (χ1) is 8.18. The Morgan fingerprint density at radius 3 is 2.53 bits per heavy atom. The van der Waals surface area contributed by atoms with Gasteiger partial charge >= 0.3 is 0 Å². The fourth-order valence-corrected chi connectivity index (χ4v) is 2.32. The van der Waals surface area contributed by atoms with Crippen LogP contribution < -0.4 is 0 Å². The highest BCUT2D eigenvalue weighted by atomic mass is 16.3. The Morgan fingerprint density at radius 1 is 1.06 bits per heavy atom. The van der Waals surface area contributed by atoms with E-state index in [2.05, 4.69) is 0 Å². The van der Waals surface area contributed by atoms with Crippen LogP contribution in [-0.2, 0) is 0 Å². The number of hydrogen-bond donors (Lipinski definition) is 2. The number of phenols is 1. The summed E-state index contributed by atoms with van der Waals surface area (Å²) in [7, 11) is 0. The molecule has 3 rings (SSSR count). The molecule has 84 valence electrons. The van der Waals surface area contributed by atoms with Crippen LogP contribution >= 0.6 is 0 Å². The summed E-state index contributed by atoms with van der Waals surface area (Å²) < 4.78 is 1.85. The number of aromatic hydroxyl groups is 1. The van der Waals surface area contributed by atoms with Crippen molar-refractivity contribution in [2.45, 2.75) is 6.92 Å². The normalized spacial score (nSPS) is 11.1. The molecule has 3 heteroatoms. The van der Waals surface area contributed by atoms with Crippen LogP contribution in [0, 0.1) is 5.41 Å². The lowest BCUT2D eigenvalue weighted by Gasteiger charge is -2.03. The molecule has 2 N–H and O–H groups in total. The van der Waals surface area contributed by atoms with E-state index in [0.29, 0.717) is 5.84 Å². The van der Waals surface area contributed by atoms with Crippen LogP contribution in [0.4, 0.5) is 0 Å². The van der Waals surface area contributed by atoms with E-state index in [0.717, 1.165) is 21.8 Å². The van der Waals surface area contributed by atoms with Crippen LogP contribution in [0.2, 0.25) is 0 Å². The van der Waals surface area contributed by atoms with Crippen LogP contribution in [0.3, 0.4) is 0 Å². The van der Waals surface area contributed by atoms with Crippen molar-refractivity contribution in [3.63, 3.8) is 0 Å². The molecule has 0 spiro atoms. The molecule has 1 aromatic heterocycles. The fourth-order valence-electron chi connectivity index (χ4n) is 2.32. The molecule has 0 aliphatic carbocycles. The van der Waals surface area contributed by atoms with Gasteiger partial charge in [-0.1, -0.05) is 18.2 Å². The highest BCUT2D eigenvalue weighted by molar-refractivity contribution is 6.13. The third kappa shape index (κ3) is 1.32. The summed E-state index contributed by atoms with van der Waals surface area (Å²) in [6, 6.07) is 13.2. The minimum atomic E-state index is 0.225. The Balaban J connectivity index is 2.62. The van der Waals surface area contributed by atoms with E-state index in [1.54, 1.807) is 19.1 Å². The third-order valence-electron chi connectivity index (χ3n) is 2.99. The van der Waals surface area contributed by atoms with E-state index in [9.17, 15) is 5.11 Å². The molecule has 0 saturated heterocycles. The summed E-state index contributed by atoms with van der Waals surface area (Å²) >= 11 is 0. The van der Waals surface area contributed by atoms with Crippen molar-refractivity contribution in [3.8, 4) is 5.75 Å². The van der Waals surface area contributed by atoms with Crippen molar-refractivity contribution in [2.24, 2.45) is 0 Å². The second-order valence-corrected chi connectivity index (χ2v) is 4.14. The number of aromatic nitrogens is 1. The van der Waals surface area contributed by atoms with Crippen LogP contribution in [0.25, 0.3) is 21.8 Å². The average Bonchev–Trinajstić information content (AvgIpc) is 2.62. The zero-order valence-electron chi connectivity index (χ0n) is 9.44. The lowest BCUT2D eigenvalue weighted by Crippen LogP contribution is -2.04. The first-order valence-electron chi connectivity index (χ1n) is 5.46. The number of hydrogen-bond acceptors (Lipinski definition) is 2. The van der Waals surface area contributed by atoms with E-state index in [1.807, 2.05) is 34.9 Å². The first-order valence-corrected chi connectivity index (χ1v) is 5.46. The van der Waals surface area contributed by atoms with Crippen LogP contribution in [-0.4, -0.2) is 15.5 Å². The van der Waals surface area contributed by atoms with Crippen molar-refractivity contribution in [1.29, 1.82) is 5.41 Å². The topological polar surface area (TPSA) is 49.0 Å². The maximum atomic E-state index is 9.58. The number of rotatable bonds is 0. The Morgan fingerprint density at radius 2 is 1.76 bits per heavy atom. The van der Waals surface area contributed by atoms with Crippen LogP contribution in [0.5, 0.6) is 5.75 Å². The molecule has 0 amide bonds. The zero-order valence-corrected chi connectivity index (χ0v) is 9.44. The maximum absolute atomic E-state index is 9.58. The molecule has 0 atom stereocenters. The standard InChI is InChI=1S/C14H12N2O/c1-9(15)16-13-5-3-2-4-11(13)12-7-6-10(17)8-14(12)16/h2-8,15,17H,1H3. The van der Waals surface area contributed by atoms with Gasteiger partial charge in [0, 0.05) is 16.8 Å². The van der Waals surface area contributed by atoms with Gasteiger partial charge in [-0.05, 0) is 25.1 Å². The second kappa shape index (κ2) is 3.35. The van der Waals surface area contributed by atoms with E-state index < -0.39 is 0 Å². The Hall–Kier alpha value is -2.29. The van der Waals surface area contributed by atoms with Gasteiger partial charge in [0.1, 0.15) is 11.6 Å². The molecule has 0 unspecified atom stereocenters. The monoisotopic (exact) mass is 224 g/mol. The zero-order chi connectivity index (χ0) is 12.0. The largest absolute Gasteiger partial charge is 0.508 e. The number of benzene rings is 2. The van der Waals surface area contributed by atoms with Crippen molar-refractivity contribution in [2.75, 3.05) is 0 Å². The van der Waals surface area contributed by atoms with E-state index in [4.69, 9.17) is 5.41 Å². The summed E-state index contributed by atoms with van der Waals surface area (Å²) in [5.74, 6) is 0.671. The number of nitrogens with one attached hydrogen (secondary N) is 1. The molecule has 0 aliphatic heterocycles. The molecule has 17 heavy (non-hydrogen) atoms. The summed E-state index contributed by atoms with van der Waals surface area (Å²) in [5.41, 5.74) is 1.87. The lowest BCUT2D eigenvalue weighted by atomic mass is 10.1. The molecule has 3 nitrogen and oxygen atoms in total. The Bertz CT molecular complexity index is 740. The van der Waals surface area contributed by atoms with Crippen molar-refractivity contribution in [1.82, 2.24) is 4.57 Å². The summed E-state index contributed by atoms with van der Waals surface area (Å²) in [4.78, 5) is 0. The molecule has 0 fully saturated rings. The molecule has 1 heterocycles. The smallest absolute Gasteiger partial charge is 0.117 e. The van der Waals surface area contributed by atoms with E-state index in [1.165, 1.54) is 0 Å². The molecule has 0 radical (unpaired) electrons. The second-order valence-electron chi connectivity index (χ2n) is 4.14. The molecule has 3 aromatic rings. The van der Waals surface area contributed by atoms with Gasteiger partial charge in [-0.25, -0.2) is 0 Å². The van der Waals surface area contributed by atoms with Crippen molar-refractivity contribution in [3.05, 3.63) is 42.5 Å². The van der Waals surface area contributed by atoms with Gasteiger partial charge in [0.2, 0.25) is 0 Å². The lowest BCUT2D eigenvalue weighted by molar-refractivity contribution is 0.476. The molecular formula is C14H12N2O. The van der Waals surface area contributed by atoms with Crippen LogP contribution in [0.15, 0.2) is 42.5 Å². The highest BCUT2D eigenvalue weighted by Gasteiger charge is 2.11. The van der Waals surface area contributed by atoms with E-state index in [-0.39, 0.29) is 5.75 Å². The van der Waals surface area contributed by atoms with E-state index >= 15 is 0 Å². The minimum Gasteiger partial charge on any atom is -0.508 e. The van der Waals surface area contributed by atoms with Crippen molar-refractivity contribution < 1.29 is 5.11 Å².